The van der Waals surface area contributed by atoms with Crippen LogP contribution in [0.4, 0.5) is 5.69 Å². The number of nitrogens with one attached hydrogen (secondary N) is 3. The second-order valence-electron chi connectivity index (χ2n) is 7.42. The third-order valence-electron chi connectivity index (χ3n) is 4.76. The van der Waals surface area contributed by atoms with Crippen molar-refractivity contribution >= 4 is 35.5 Å². The van der Waals surface area contributed by atoms with Crippen molar-refractivity contribution in [3.05, 3.63) is 71.3 Å². The van der Waals surface area contributed by atoms with Crippen LogP contribution in [0.3, 0.4) is 0 Å². The van der Waals surface area contributed by atoms with Gasteiger partial charge in [-0.2, -0.15) is 0 Å². The maximum Gasteiger partial charge on any atom is 0.325 e. The van der Waals surface area contributed by atoms with Crippen LogP contribution in [0.15, 0.2) is 54.6 Å². The topological polar surface area (TPSA) is 114 Å². The first kappa shape index (κ1) is 22.7. The summed E-state index contributed by atoms with van der Waals surface area (Å²) < 4.78 is 4.47. The van der Waals surface area contributed by atoms with Crippen molar-refractivity contribution in [2.45, 2.75) is 25.3 Å². The lowest BCUT2D eigenvalue weighted by Crippen LogP contribution is -2.31. The second kappa shape index (κ2) is 10.9. The zero-order chi connectivity index (χ0) is 22.9. The maximum atomic E-state index is 12.2. The van der Waals surface area contributed by atoms with Crippen molar-refractivity contribution in [3.8, 4) is 0 Å². The number of carbonyl (C=O) groups excluding carboxylic acids is 4. The van der Waals surface area contributed by atoms with Gasteiger partial charge in [0.05, 0.1) is 13.5 Å². The summed E-state index contributed by atoms with van der Waals surface area (Å²) >= 11 is 0. The zero-order valence-corrected chi connectivity index (χ0v) is 17.7. The molecule has 0 bridgehead atoms. The fourth-order valence-corrected chi connectivity index (χ4v) is 2.79. The number of rotatable bonds is 9. The number of esters is 1. The van der Waals surface area contributed by atoms with E-state index in [1.807, 2.05) is 0 Å². The van der Waals surface area contributed by atoms with E-state index in [0.717, 1.165) is 24.0 Å². The van der Waals surface area contributed by atoms with E-state index in [9.17, 15) is 19.2 Å². The molecule has 0 spiro atoms. The van der Waals surface area contributed by atoms with Crippen LogP contribution in [0.2, 0.25) is 0 Å². The molecule has 0 heterocycles. The van der Waals surface area contributed by atoms with E-state index in [1.54, 1.807) is 54.6 Å². The highest BCUT2D eigenvalue weighted by Crippen LogP contribution is 2.19. The molecule has 8 nitrogen and oxygen atoms in total. The molecule has 0 aliphatic heterocycles. The summed E-state index contributed by atoms with van der Waals surface area (Å²) in [5, 5.41) is 8.15. The van der Waals surface area contributed by atoms with Crippen molar-refractivity contribution in [1.82, 2.24) is 10.6 Å². The van der Waals surface area contributed by atoms with Crippen LogP contribution in [-0.4, -0.2) is 43.4 Å². The van der Waals surface area contributed by atoms with Gasteiger partial charge in [-0.05, 0) is 54.3 Å². The highest BCUT2D eigenvalue weighted by molar-refractivity contribution is 6.02. The fraction of sp³-hybridized carbons (Fsp3) is 0.250. The van der Waals surface area contributed by atoms with Gasteiger partial charge in [-0.3, -0.25) is 19.2 Å². The van der Waals surface area contributed by atoms with E-state index >= 15 is 0 Å². The number of methoxy groups -OCH3 is 1. The third-order valence-corrected chi connectivity index (χ3v) is 4.76. The highest BCUT2D eigenvalue weighted by Gasteiger charge is 2.23. The molecule has 2 aromatic carbocycles. The Morgan fingerprint density at radius 2 is 1.69 bits per heavy atom. The molecular formula is C24H25N3O5. The minimum absolute atomic E-state index is 0.0786. The van der Waals surface area contributed by atoms with Crippen LogP contribution in [-0.2, 0) is 25.5 Å². The van der Waals surface area contributed by atoms with Gasteiger partial charge in [-0.25, -0.2) is 0 Å². The molecule has 0 radical (unpaired) electrons. The molecule has 0 aromatic heterocycles. The van der Waals surface area contributed by atoms with Crippen molar-refractivity contribution in [1.29, 1.82) is 0 Å². The van der Waals surface area contributed by atoms with Crippen LogP contribution in [0, 0.1) is 0 Å². The molecule has 3 rings (SSSR count). The summed E-state index contributed by atoms with van der Waals surface area (Å²) in [5.41, 5.74) is 2.73. The Morgan fingerprint density at radius 3 is 2.31 bits per heavy atom. The molecule has 3 N–H and O–H groups in total. The Labute approximate surface area is 186 Å². The van der Waals surface area contributed by atoms with Gasteiger partial charge >= 0.3 is 5.97 Å². The lowest BCUT2D eigenvalue weighted by Gasteiger charge is -2.06. The number of hydrogen-bond donors (Lipinski definition) is 3. The molecule has 1 saturated carbocycles. The van der Waals surface area contributed by atoms with Crippen molar-refractivity contribution in [2.75, 3.05) is 19.0 Å². The lowest BCUT2D eigenvalue weighted by atomic mass is 10.1. The first-order valence-electron chi connectivity index (χ1n) is 10.3. The van der Waals surface area contributed by atoms with Gasteiger partial charge in [-0.1, -0.05) is 24.3 Å². The highest BCUT2D eigenvalue weighted by atomic mass is 16.5. The summed E-state index contributed by atoms with van der Waals surface area (Å²) in [5.74, 6) is -1.19. The third kappa shape index (κ3) is 7.39. The molecule has 32 heavy (non-hydrogen) atoms. The van der Waals surface area contributed by atoms with Crippen LogP contribution in [0.5, 0.6) is 0 Å². The normalized spacial score (nSPS) is 12.8. The minimum Gasteiger partial charge on any atom is -0.468 e. The van der Waals surface area contributed by atoms with Crippen LogP contribution in [0.1, 0.15) is 34.3 Å². The lowest BCUT2D eigenvalue weighted by molar-refractivity contribution is -0.141. The van der Waals surface area contributed by atoms with Crippen LogP contribution >= 0.6 is 0 Å². The first-order valence-corrected chi connectivity index (χ1v) is 10.3. The SMILES string of the molecule is COC(=O)CNC(=O)Cc1ccc(NC(=O)/C=C/c2ccc(C(=O)NC3CC3)cc2)cc1. The van der Waals surface area contributed by atoms with Gasteiger partial charge in [0.1, 0.15) is 6.54 Å². The Hall–Kier alpha value is -3.94. The summed E-state index contributed by atoms with van der Waals surface area (Å²) in [6.07, 6.45) is 5.26. The smallest absolute Gasteiger partial charge is 0.325 e. The number of benzene rings is 2. The van der Waals surface area contributed by atoms with E-state index in [-0.39, 0.29) is 30.7 Å². The van der Waals surface area contributed by atoms with E-state index < -0.39 is 5.97 Å². The zero-order valence-electron chi connectivity index (χ0n) is 17.7. The van der Waals surface area contributed by atoms with E-state index in [0.29, 0.717) is 17.3 Å². The van der Waals surface area contributed by atoms with Crippen LogP contribution in [0.25, 0.3) is 6.08 Å². The number of anilines is 1. The fourth-order valence-electron chi connectivity index (χ4n) is 2.79. The molecule has 1 fully saturated rings. The van der Waals surface area contributed by atoms with Crippen molar-refractivity contribution in [2.24, 2.45) is 0 Å². The van der Waals surface area contributed by atoms with Gasteiger partial charge in [0.15, 0.2) is 0 Å². The van der Waals surface area contributed by atoms with Crippen molar-refractivity contribution in [3.63, 3.8) is 0 Å². The quantitative estimate of drug-likeness (QED) is 0.412. The predicted molar refractivity (Wildman–Crippen MR) is 120 cm³/mol. The number of amides is 3. The molecular weight excluding hydrogens is 410 g/mol. The Balaban J connectivity index is 1.45. The average molecular weight is 435 g/mol. The average Bonchev–Trinajstić information content (AvgIpc) is 3.61. The Bertz CT molecular complexity index is 1010. The molecule has 0 saturated heterocycles. The summed E-state index contributed by atoms with van der Waals surface area (Å²) in [7, 11) is 1.25. The molecule has 1 aliphatic rings. The molecule has 8 heteroatoms. The molecule has 3 amide bonds. The van der Waals surface area contributed by atoms with E-state index in [4.69, 9.17) is 0 Å². The molecule has 1 aliphatic carbocycles. The number of ether oxygens (including phenoxy) is 1. The Kier molecular flexibility index (Phi) is 7.75. The van der Waals surface area contributed by atoms with Crippen LogP contribution < -0.4 is 16.0 Å². The first-order chi connectivity index (χ1) is 15.4. The summed E-state index contributed by atoms with van der Waals surface area (Å²) in [6.45, 7) is -0.174. The number of carbonyl (C=O) groups is 4. The molecule has 0 atom stereocenters. The monoisotopic (exact) mass is 435 g/mol. The maximum absolute atomic E-state index is 12.2. The molecule has 2 aromatic rings. The van der Waals surface area contributed by atoms with Crippen molar-refractivity contribution < 1.29 is 23.9 Å². The van der Waals surface area contributed by atoms with Gasteiger partial charge in [-0.15, -0.1) is 0 Å². The minimum atomic E-state index is -0.514. The summed E-state index contributed by atoms with van der Waals surface area (Å²) in [4.78, 5) is 47.0. The van der Waals surface area contributed by atoms with E-state index in [1.165, 1.54) is 13.2 Å². The van der Waals surface area contributed by atoms with Gasteiger partial charge in [0.25, 0.3) is 5.91 Å². The van der Waals surface area contributed by atoms with E-state index in [2.05, 4.69) is 20.7 Å². The predicted octanol–water partition coefficient (Wildman–Crippen LogP) is 2.06. The summed E-state index contributed by atoms with van der Waals surface area (Å²) in [6, 6.07) is 14.2. The second-order valence-corrected chi connectivity index (χ2v) is 7.42. The molecule has 0 unspecified atom stereocenters. The number of hydrogen-bond acceptors (Lipinski definition) is 5. The Morgan fingerprint density at radius 1 is 1.00 bits per heavy atom. The standard InChI is InChI=1S/C24H25N3O5/c1-32-23(30)15-25-22(29)14-17-4-9-19(10-5-17)26-21(28)13-6-16-2-7-18(8-3-16)24(31)27-20-11-12-20/h2-10,13,20H,11-12,14-15H2,1H3,(H,25,29)(H,26,28)(H,27,31)/b13-6+. The van der Waals surface area contributed by atoms with Gasteiger partial charge in [0.2, 0.25) is 11.8 Å². The van der Waals surface area contributed by atoms with Gasteiger partial charge in [0, 0.05) is 23.4 Å². The van der Waals surface area contributed by atoms with Gasteiger partial charge < -0.3 is 20.7 Å². The largest absolute Gasteiger partial charge is 0.468 e. The molecule has 166 valence electrons.